The van der Waals surface area contributed by atoms with Gasteiger partial charge in [-0.15, -0.1) is 5.10 Å². The van der Waals surface area contributed by atoms with Crippen molar-refractivity contribution in [1.82, 2.24) is 25.2 Å². The smallest absolute Gasteiger partial charge is 0.304 e. The first-order chi connectivity index (χ1) is 8.53. The van der Waals surface area contributed by atoms with E-state index < -0.39 is 5.54 Å². The van der Waals surface area contributed by atoms with Crippen LogP contribution in [0.2, 0.25) is 0 Å². The summed E-state index contributed by atoms with van der Waals surface area (Å²) in [6.45, 7) is 4.11. The minimum atomic E-state index is -0.755. The molecule has 0 saturated carbocycles. The molecule has 0 spiro atoms. The minimum absolute atomic E-state index is 0.221. The van der Waals surface area contributed by atoms with Gasteiger partial charge in [0.1, 0.15) is 11.2 Å². The average molecular weight is 251 g/mol. The van der Waals surface area contributed by atoms with Crippen molar-refractivity contribution in [3.63, 3.8) is 0 Å². The van der Waals surface area contributed by atoms with Gasteiger partial charge >= 0.3 is 6.03 Å². The van der Waals surface area contributed by atoms with Gasteiger partial charge in [-0.3, -0.25) is 14.8 Å². The molecule has 0 atom stereocenters. The lowest BCUT2D eigenvalue weighted by Crippen LogP contribution is -2.48. The molecule has 1 aromatic heterocycles. The molecule has 2 rings (SSSR count). The predicted molar refractivity (Wildman–Crippen MR) is 63.4 cm³/mol. The monoisotopic (exact) mass is 251 g/mol. The van der Waals surface area contributed by atoms with E-state index >= 15 is 0 Å². The van der Waals surface area contributed by atoms with Gasteiger partial charge in [-0.05, 0) is 12.8 Å². The first-order valence-corrected chi connectivity index (χ1v) is 6.01. The van der Waals surface area contributed by atoms with Crippen LogP contribution >= 0.6 is 0 Å². The van der Waals surface area contributed by atoms with Gasteiger partial charge in [0.15, 0.2) is 0 Å². The number of rotatable bonds is 4. The number of aromatic nitrogens is 3. The number of nitrogens with one attached hydrogen (secondary N) is 1. The number of nitrogens with zero attached hydrogens (tertiary/aromatic N) is 4. The lowest BCUT2D eigenvalue weighted by atomic mass is 9.91. The molecular weight excluding hydrogens is 234 g/mol. The molecule has 0 radical (unpaired) electrons. The fourth-order valence-electron chi connectivity index (χ4n) is 2.40. The van der Waals surface area contributed by atoms with Crippen LogP contribution in [-0.2, 0) is 18.4 Å². The maximum Gasteiger partial charge on any atom is 0.325 e. The van der Waals surface area contributed by atoms with E-state index in [-0.39, 0.29) is 11.9 Å². The van der Waals surface area contributed by atoms with Gasteiger partial charge in [0, 0.05) is 13.2 Å². The Balaban J connectivity index is 2.29. The van der Waals surface area contributed by atoms with E-state index in [9.17, 15) is 9.59 Å². The largest absolute Gasteiger partial charge is 0.325 e. The van der Waals surface area contributed by atoms with Crippen LogP contribution in [0, 0.1) is 0 Å². The quantitative estimate of drug-likeness (QED) is 0.787. The van der Waals surface area contributed by atoms with E-state index in [4.69, 9.17) is 0 Å². The molecule has 0 bridgehead atoms. The molecule has 7 nitrogen and oxygen atoms in total. The van der Waals surface area contributed by atoms with Crippen molar-refractivity contribution < 1.29 is 9.59 Å². The Bertz CT molecular complexity index is 478. The summed E-state index contributed by atoms with van der Waals surface area (Å²) in [5.41, 5.74) is -0.0807. The van der Waals surface area contributed by atoms with Crippen molar-refractivity contribution in [2.75, 3.05) is 0 Å². The molecule has 98 valence electrons. The fraction of sp³-hybridized carbons (Fsp3) is 0.636. The number of imide groups is 1. The first kappa shape index (κ1) is 12.5. The normalized spacial score (nSPS) is 18.3. The third-order valence-corrected chi connectivity index (χ3v) is 3.54. The van der Waals surface area contributed by atoms with Crippen LogP contribution in [0.1, 0.15) is 32.4 Å². The van der Waals surface area contributed by atoms with E-state index in [0.29, 0.717) is 25.1 Å². The number of hydrogen-bond donors (Lipinski definition) is 1. The van der Waals surface area contributed by atoms with Gasteiger partial charge in [0.2, 0.25) is 0 Å². The SMILES string of the molecule is CCC1(CC)C(=O)NC(=O)N1Cc1cn(C)nn1. The van der Waals surface area contributed by atoms with Crippen LogP contribution in [0.15, 0.2) is 6.20 Å². The summed E-state index contributed by atoms with van der Waals surface area (Å²) >= 11 is 0. The molecule has 1 aromatic rings. The highest BCUT2D eigenvalue weighted by Gasteiger charge is 2.50. The third-order valence-electron chi connectivity index (χ3n) is 3.54. The Labute approximate surface area is 105 Å². The second-order valence-electron chi connectivity index (χ2n) is 4.47. The summed E-state index contributed by atoms with van der Waals surface area (Å²) in [7, 11) is 1.76. The van der Waals surface area contributed by atoms with Gasteiger partial charge in [0.05, 0.1) is 6.54 Å². The topological polar surface area (TPSA) is 80.1 Å². The standard InChI is InChI=1S/C11H17N5O2/c1-4-11(5-2)9(17)12-10(18)16(11)7-8-6-15(3)14-13-8/h6H,4-5,7H2,1-3H3,(H,12,17,18). The van der Waals surface area contributed by atoms with Gasteiger partial charge < -0.3 is 4.90 Å². The second kappa shape index (κ2) is 4.40. The highest BCUT2D eigenvalue weighted by Crippen LogP contribution is 2.30. The Morgan fingerprint density at radius 2 is 2.00 bits per heavy atom. The Morgan fingerprint density at radius 1 is 1.33 bits per heavy atom. The van der Waals surface area contributed by atoms with E-state index in [0.717, 1.165) is 0 Å². The molecule has 1 fully saturated rings. The van der Waals surface area contributed by atoms with Crippen molar-refractivity contribution in [3.8, 4) is 0 Å². The molecule has 1 saturated heterocycles. The number of aryl methyl sites for hydroxylation is 1. The molecular formula is C11H17N5O2. The Morgan fingerprint density at radius 3 is 2.50 bits per heavy atom. The first-order valence-electron chi connectivity index (χ1n) is 6.01. The molecule has 1 aliphatic heterocycles. The van der Waals surface area contributed by atoms with Crippen LogP contribution in [0.5, 0.6) is 0 Å². The zero-order valence-electron chi connectivity index (χ0n) is 10.8. The summed E-state index contributed by atoms with van der Waals surface area (Å²) in [5.74, 6) is -0.221. The van der Waals surface area contributed by atoms with E-state index in [1.807, 2.05) is 13.8 Å². The van der Waals surface area contributed by atoms with E-state index in [2.05, 4.69) is 15.6 Å². The number of hydrogen-bond acceptors (Lipinski definition) is 4. The highest BCUT2D eigenvalue weighted by atomic mass is 16.2. The maximum atomic E-state index is 12.0. The zero-order valence-corrected chi connectivity index (χ0v) is 10.8. The van der Waals surface area contributed by atoms with Gasteiger partial charge in [-0.1, -0.05) is 19.1 Å². The van der Waals surface area contributed by atoms with E-state index in [1.54, 1.807) is 22.8 Å². The maximum absolute atomic E-state index is 12.0. The van der Waals surface area contributed by atoms with Crippen molar-refractivity contribution in [2.24, 2.45) is 7.05 Å². The van der Waals surface area contributed by atoms with Crippen LogP contribution in [0.25, 0.3) is 0 Å². The second-order valence-corrected chi connectivity index (χ2v) is 4.47. The average Bonchev–Trinajstić information content (AvgIpc) is 2.84. The molecule has 3 amide bonds. The lowest BCUT2D eigenvalue weighted by Gasteiger charge is -2.32. The fourth-order valence-corrected chi connectivity index (χ4v) is 2.40. The van der Waals surface area contributed by atoms with E-state index in [1.165, 1.54) is 0 Å². The summed E-state index contributed by atoms with van der Waals surface area (Å²) in [6.07, 6.45) is 2.91. The molecule has 2 heterocycles. The number of amides is 3. The molecule has 0 unspecified atom stereocenters. The zero-order chi connectivity index (χ0) is 13.3. The number of carbonyl (C=O) groups excluding carboxylic acids is 2. The number of urea groups is 1. The minimum Gasteiger partial charge on any atom is -0.304 e. The van der Waals surface area contributed by atoms with Crippen molar-refractivity contribution >= 4 is 11.9 Å². The molecule has 0 aliphatic carbocycles. The van der Waals surface area contributed by atoms with Gasteiger partial charge in [-0.25, -0.2) is 4.79 Å². The Kier molecular flexibility index (Phi) is 3.06. The third kappa shape index (κ3) is 1.75. The van der Waals surface area contributed by atoms with Crippen LogP contribution in [0.3, 0.4) is 0 Å². The summed E-state index contributed by atoms with van der Waals surface area (Å²) < 4.78 is 1.57. The van der Waals surface area contributed by atoms with Crippen molar-refractivity contribution in [1.29, 1.82) is 0 Å². The molecule has 7 heteroatoms. The molecule has 1 aliphatic rings. The molecule has 1 N–H and O–H groups in total. The summed E-state index contributed by atoms with van der Waals surface area (Å²) in [4.78, 5) is 25.4. The number of carbonyl (C=O) groups is 2. The molecule has 18 heavy (non-hydrogen) atoms. The summed E-state index contributed by atoms with van der Waals surface area (Å²) in [5, 5.41) is 10.2. The van der Waals surface area contributed by atoms with Crippen molar-refractivity contribution in [2.45, 2.75) is 38.8 Å². The van der Waals surface area contributed by atoms with Gasteiger partial charge in [0.25, 0.3) is 5.91 Å². The Hall–Kier alpha value is -1.92. The van der Waals surface area contributed by atoms with Crippen molar-refractivity contribution in [3.05, 3.63) is 11.9 Å². The van der Waals surface area contributed by atoms with Gasteiger partial charge in [-0.2, -0.15) is 0 Å². The van der Waals surface area contributed by atoms with Crippen LogP contribution in [0.4, 0.5) is 4.79 Å². The summed E-state index contributed by atoms with van der Waals surface area (Å²) in [6, 6.07) is -0.352. The predicted octanol–water partition coefficient (Wildman–Crippen LogP) is 0.426. The molecule has 0 aromatic carbocycles. The van der Waals surface area contributed by atoms with Crippen LogP contribution < -0.4 is 5.32 Å². The van der Waals surface area contributed by atoms with Crippen LogP contribution in [-0.4, -0.2) is 37.4 Å². The lowest BCUT2D eigenvalue weighted by molar-refractivity contribution is -0.127. The highest BCUT2D eigenvalue weighted by molar-refractivity contribution is 6.06.